The zero-order valence-electron chi connectivity index (χ0n) is 19.4. The van der Waals surface area contributed by atoms with Gasteiger partial charge in [-0.05, 0) is 74.3 Å². The summed E-state index contributed by atoms with van der Waals surface area (Å²) in [5, 5.41) is 9.18. The van der Waals surface area contributed by atoms with Crippen molar-refractivity contribution in [3.63, 3.8) is 0 Å². The van der Waals surface area contributed by atoms with Crippen molar-refractivity contribution in [1.29, 1.82) is 5.26 Å². The van der Waals surface area contributed by atoms with Crippen molar-refractivity contribution < 1.29 is 17.4 Å². The molecular weight excluding hydrogens is 303 g/mol. The van der Waals surface area contributed by atoms with Gasteiger partial charge in [-0.25, -0.2) is 4.39 Å². The van der Waals surface area contributed by atoms with Crippen LogP contribution in [-0.2, 0) is 16.9 Å². The molecule has 2 aromatic carbocycles. The Kier molecular flexibility index (Phi) is 2.97. The van der Waals surface area contributed by atoms with Crippen LogP contribution < -0.4 is 0 Å². The highest BCUT2D eigenvalue weighted by molar-refractivity contribution is 5.47. The van der Waals surface area contributed by atoms with Crippen LogP contribution in [-0.4, -0.2) is 25.5 Å². The van der Waals surface area contributed by atoms with E-state index in [2.05, 4.69) is 0 Å². The second-order valence-electron chi connectivity index (χ2n) is 5.72. The smallest absolute Gasteiger partial charge is 0.123 e. The van der Waals surface area contributed by atoms with E-state index in [0.717, 1.165) is 17.0 Å². The lowest BCUT2D eigenvalue weighted by Crippen LogP contribution is -2.28. The van der Waals surface area contributed by atoms with Crippen LogP contribution >= 0.6 is 0 Å². The maximum atomic E-state index is 13.6. The average Bonchev–Trinajstić information content (AvgIpc) is 3.08. The molecule has 0 aliphatic carbocycles. The number of rotatable bonds is 5. The molecule has 0 spiro atoms. The molecule has 0 saturated carbocycles. The van der Waals surface area contributed by atoms with E-state index < -0.39 is 30.7 Å². The first-order chi connectivity index (χ1) is 13.8. The minimum absolute atomic E-state index is 0.108. The van der Waals surface area contributed by atoms with Crippen LogP contribution in [0, 0.1) is 17.1 Å². The van der Waals surface area contributed by atoms with Gasteiger partial charge in [-0.3, -0.25) is 0 Å². The first-order valence-corrected chi connectivity index (χ1v) is 7.44. The number of ether oxygens (including phenoxy) is 1. The Labute approximate surface area is 150 Å². The Hall–Kier alpha value is -2.22. The largest absolute Gasteiger partial charge is 0.361 e. The third-order valence-corrected chi connectivity index (χ3v) is 3.83. The second kappa shape index (κ2) is 6.72. The van der Waals surface area contributed by atoms with Crippen LogP contribution in [0.25, 0.3) is 0 Å². The van der Waals surface area contributed by atoms with Crippen LogP contribution in [0.4, 0.5) is 4.39 Å². The summed E-state index contributed by atoms with van der Waals surface area (Å²) in [7, 11) is 2.64. The summed E-state index contributed by atoms with van der Waals surface area (Å²) in [6, 6.07) is 11.3. The Morgan fingerprint density at radius 3 is 2.71 bits per heavy atom. The monoisotopic (exact) mass is 330 g/mol. The highest BCUT2D eigenvalue weighted by Crippen LogP contribution is 2.45. The van der Waals surface area contributed by atoms with Crippen molar-refractivity contribution in [3.05, 3.63) is 70.5 Å². The molecule has 0 aromatic heterocycles. The van der Waals surface area contributed by atoms with E-state index in [0.29, 0.717) is 11.1 Å². The Bertz CT molecular complexity index is 1000. The summed E-state index contributed by atoms with van der Waals surface area (Å²) in [5.41, 5.74) is -0.813. The predicted octanol–water partition coefficient (Wildman–Crippen LogP) is 3.81. The summed E-state index contributed by atoms with van der Waals surface area (Å²) in [6.07, 6.45) is -6.00. The Morgan fingerprint density at radius 2 is 2.04 bits per heavy atom. The molecule has 0 fully saturated rings. The number of hydrogen-bond acceptors (Lipinski definition) is 3. The highest BCUT2D eigenvalue weighted by atomic mass is 19.1. The number of benzene rings is 2. The van der Waals surface area contributed by atoms with Crippen molar-refractivity contribution >= 4 is 0 Å². The third kappa shape index (κ3) is 3.06. The number of nitriles is 1. The first-order valence-electron chi connectivity index (χ1n) is 10.4. The molecular formula is C20H21FN2O. The van der Waals surface area contributed by atoms with E-state index in [9.17, 15) is 9.65 Å². The molecule has 0 bridgehead atoms. The van der Waals surface area contributed by atoms with E-state index in [-0.39, 0.29) is 17.7 Å². The van der Waals surface area contributed by atoms with Crippen molar-refractivity contribution in [2.75, 3.05) is 20.6 Å². The molecule has 3 nitrogen and oxygen atoms in total. The summed E-state index contributed by atoms with van der Waals surface area (Å²) in [5.74, 6) is -0.556. The topological polar surface area (TPSA) is 36.3 Å². The molecule has 24 heavy (non-hydrogen) atoms. The van der Waals surface area contributed by atoms with Crippen molar-refractivity contribution in [1.82, 2.24) is 4.90 Å². The van der Waals surface area contributed by atoms with Crippen molar-refractivity contribution in [3.8, 4) is 6.07 Å². The maximum Gasteiger partial charge on any atom is 0.123 e. The van der Waals surface area contributed by atoms with E-state index in [1.54, 1.807) is 0 Å². The van der Waals surface area contributed by atoms with Gasteiger partial charge >= 0.3 is 0 Å². The molecule has 0 saturated heterocycles. The van der Waals surface area contributed by atoms with Gasteiger partial charge in [0.05, 0.1) is 18.2 Å². The standard InChI is InChI=1S/C20H21FN2O/c1-23(2)11-3-10-20(17-5-7-18(21)8-6-17)19-9-4-15(13-22)12-16(19)14-24-20/h4-9,12H,3,10-11,14H2,1-2H3/t20-/m0/s1/i3D2,10D2,11D2. The fraction of sp³-hybridized carbons (Fsp3) is 0.350. The number of halogens is 1. The predicted molar refractivity (Wildman–Crippen MR) is 90.9 cm³/mol. The van der Waals surface area contributed by atoms with Gasteiger partial charge < -0.3 is 9.64 Å². The summed E-state index contributed by atoms with van der Waals surface area (Å²) < 4.78 is 70.9. The number of fused-ring (bicyclic) bond motifs is 1. The van der Waals surface area contributed by atoms with Crippen LogP contribution in [0.3, 0.4) is 0 Å². The van der Waals surface area contributed by atoms with Gasteiger partial charge in [-0.1, -0.05) is 18.2 Å². The molecule has 1 atom stereocenters. The SMILES string of the molecule is [2H]C([2H])(N(C)C)C([2H])([2H])C([2H])([2H])[C@@]1(c2ccc(F)cc2)OCc2cc(C#N)ccc21. The lowest BCUT2D eigenvalue weighted by atomic mass is 9.81. The summed E-state index contributed by atoms with van der Waals surface area (Å²) in [4.78, 5) is 0.970. The zero-order valence-corrected chi connectivity index (χ0v) is 13.4. The molecule has 124 valence electrons. The minimum Gasteiger partial charge on any atom is -0.361 e. The van der Waals surface area contributed by atoms with Gasteiger partial charge in [-0.2, -0.15) is 5.26 Å². The molecule has 0 radical (unpaired) electrons. The number of nitrogens with zero attached hydrogens (tertiary/aromatic N) is 2. The zero-order chi connectivity index (χ0) is 22.5. The Balaban J connectivity index is 2.33. The maximum absolute atomic E-state index is 13.6. The average molecular weight is 330 g/mol. The molecule has 0 N–H and O–H groups in total. The molecule has 0 unspecified atom stereocenters. The van der Waals surface area contributed by atoms with E-state index in [4.69, 9.17) is 13.0 Å². The van der Waals surface area contributed by atoms with Crippen molar-refractivity contribution in [2.45, 2.75) is 25.0 Å². The lowest BCUT2D eigenvalue weighted by Gasteiger charge is -2.31. The normalized spacial score (nSPS) is 24.8. The summed E-state index contributed by atoms with van der Waals surface area (Å²) in [6.45, 7) is -2.81. The van der Waals surface area contributed by atoms with E-state index in [1.165, 1.54) is 44.4 Å². The quantitative estimate of drug-likeness (QED) is 0.836. The van der Waals surface area contributed by atoms with Crippen LogP contribution in [0.5, 0.6) is 0 Å². The van der Waals surface area contributed by atoms with Crippen LogP contribution in [0.2, 0.25) is 0 Å². The fourth-order valence-corrected chi connectivity index (χ4v) is 2.72. The molecule has 1 heterocycles. The number of hydrogen-bond donors (Lipinski definition) is 0. The van der Waals surface area contributed by atoms with Crippen molar-refractivity contribution in [2.24, 2.45) is 0 Å². The summed E-state index contributed by atoms with van der Waals surface area (Å²) >= 11 is 0. The van der Waals surface area contributed by atoms with Gasteiger partial charge in [0.2, 0.25) is 0 Å². The molecule has 1 aliphatic rings. The van der Waals surface area contributed by atoms with Crippen LogP contribution in [0.15, 0.2) is 42.5 Å². The van der Waals surface area contributed by atoms with Gasteiger partial charge in [0.25, 0.3) is 0 Å². The molecule has 2 aromatic rings. The van der Waals surface area contributed by atoms with Gasteiger partial charge in [0, 0.05) is 8.22 Å². The molecule has 0 amide bonds. The van der Waals surface area contributed by atoms with Gasteiger partial charge in [0.1, 0.15) is 11.4 Å². The minimum atomic E-state index is -3.06. The van der Waals surface area contributed by atoms with Gasteiger partial charge in [0.15, 0.2) is 0 Å². The first kappa shape index (κ1) is 10.6. The van der Waals surface area contributed by atoms with E-state index >= 15 is 0 Å². The Morgan fingerprint density at radius 1 is 1.29 bits per heavy atom. The van der Waals surface area contributed by atoms with E-state index in [1.807, 2.05) is 6.07 Å². The third-order valence-electron chi connectivity index (χ3n) is 3.83. The molecule has 4 heteroatoms. The van der Waals surface area contributed by atoms with Gasteiger partial charge in [-0.15, -0.1) is 0 Å². The lowest BCUT2D eigenvalue weighted by molar-refractivity contribution is -0.0140. The highest BCUT2D eigenvalue weighted by Gasteiger charge is 2.41. The molecule has 3 rings (SSSR count). The molecule has 1 aliphatic heterocycles. The van der Waals surface area contributed by atoms with Crippen LogP contribution in [0.1, 0.15) is 43.2 Å². The second-order valence-corrected chi connectivity index (χ2v) is 5.72. The fourth-order valence-electron chi connectivity index (χ4n) is 2.72.